The Kier molecular flexibility index (Phi) is 8.52. The average molecular weight is 367 g/mol. The van der Waals surface area contributed by atoms with E-state index in [1.165, 1.54) is 0 Å². The number of nitrogens with zero attached hydrogens (tertiary/aromatic N) is 1. The number of unbranched alkanes of at least 4 members (excludes halogenated alkanes) is 3. The van der Waals surface area contributed by atoms with Crippen molar-refractivity contribution in [2.75, 3.05) is 23.8 Å². The van der Waals surface area contributed by atoms with Crippen molar-refractivity contribution in [1.82, 2.24) is 0 Å². The van der Waals surface area contributed by atoms with Crippen LogP contribution in [0.25, 0.3) is 0 Å². The molecule has 0 radical (unpaired) electrons. The van der Waals surface area contributed by atoms with E-state index in [1.807, 2.05) is 54.6 Å². The summed E-state index contributed by atoms with van der Waals surface area (Å²) in [6, 6.07) is 17.0. The number of nitrogens with two attached hydrogens (primary N) is 1. The maximum Gasteiger partial charge on any atom is 0.231 e. The van der Waals surface area contributed by atoms with Crippen LogP contribution in [-0.4, -0.2) is 25.4 Å². The number of para-hydroxylation sites is 1. The van der Waals surface area contributed by atoms with Crippen LogP contribution in [-0.2, 0) is 16.0 Å². The van der Waals surface area contributed by atoms with Gasteiger partial charge in [0.05, 0.1) is 6.42 Å². The van der Waals surface area contributed by atoms with Crippen LogP contribution in [0.1, 0.15) is 37.7 Å². The lowest BCUT2D eigenvalue weighted by Gasteiger charge is -2.17. The summed E-state index contributed by atoms with van der Waals surface area (Å²) in [7, 11) is 1.78. The van der Waals surface area contributed by atoms with Crippen molar-refractivity contribution in [2.45, 2.75) is 38.5 Å². The Hall–Kier alpha value is -2.66. The molecule has 0 unspecified atom stereocenters. The van der Waals surface area contributed by atoms with Gasteiger partial charge in [-0.3, -0.25) is 9.59 Å². The average Bonchev–Trinajstić information content (AvgIpc) is 2.69. The van der Waals surface area contributed by atoms with Crippen molar-refractivity contribution >= 4 is 23.2 Å². The number of amides is 2. The summed E-state index contributed by atoms with van der Waals surface area (Å²) in [4.78, 5) is 26.0. The van der Waals surface area contributed by atoms with E-state index >= 15 is 0 Å². The molecule has 144 valence electrons. The molecule has 5 heteroatoms. The van der Waals surface area contributed by atoms with Crippen LogP contribution >= 0.6 is 0 Å². The minimum absolute atomic E-state index is 0.0235. The third-order valence-corrected chi connectivity index (χ3v) is 4.47. The lowest BCUT2D eigenvalue weighted by Crippen LogP contribution is -2.27. The van der Waals surface area contributed by atoms with Gasteiger partial charge >= 0.3 is 0 Å². The molecule has 0 saturated heterocycles. The molecule has 2 rings (SSSR count). The van der Waals surface area contributed by atoms with Crippen LogP contribution in [0, 0.1) is 0 Å². The molecule has 2 amide bonds. The van der Waals surface area contributed by atoms with Crippen LogP contribution in [0.15, 0.2) is 54.6 Å². The van der Waals surface area contributed by atoms with Gasteiger partial charge in [-0.1, -0.05) is 43.2 Å². The summed E-state index contributed by atoms with van der Waals surface area (Å²) < 4.78 is 0. The molecule has 0 heterocycles. The molecular weight excluding hydrogens is 338 g/mol. The van der Waals surface area contributed by atoms with E-state index < -0.39 is 0 Å². The number of rotatable bonds is 10. The highest BCUT2D eigenvalue weighted by molar-refractivity contribution is 5.94. The maximum atomic E-state index is 12.4. The number of anilines is 2. The first-order valence-corrected chi connectivity index (χ1v) is 9.50. The summed E-state index contributed by atoms with van der Waals surface area (Å²) in [5, 5.41) is 2.90. The normalized spacial score (nSPS) is 10.4. The highest BCUT2D eigenvalue weighted by atomic mass is 16.2. The lowest BCUT2D eigenvalue weighted by molar-refractivity contribution is -0.118. The number of hydrogen-bond donors (Lipinski definition) is 2. The second-order valence-corrected chi connectivity index (χ2v) is 6.66. The molecule has 0 atom stereocenters. The first-order valence-electron chi connectivity index (χ1n) is 9.50. The van der Waals surface area contributed by atoms with Crippen LogP contribution in [0.5, 0.6) is 0 Å². The molecule has 0 aromatic heterocycles. The third-order valence-electron chi connectivity index (χ3n) is 4.47. The number of nitrogens with one attached hydrogen (secondary N) is 1. The molecule has 0 fully saturated rings. The van der Waals surface area contributed by atoms with Crippen molar-refractivity contribution in [2.24, 2.45) is 5.73 Å². The summed E-state index contributed by atoms with van der Waals surface area (Å²) in [5.74, 6) is 0.0471. The third kappa shape index (κ3) is 7.23. The van der Waals surface area contributed by atoms with Crippen LogP contribution < -0.4 is 16.0 Å². The van der Waals surface area contributed by atoms with Crippen LogP contribution in [0.4, 0.5) is 11.4 Å². The summed E-state index contributed by atoms with van der Waals surface area (Å²) in [5.41, 5.74) is 8.01. The van der Waals surface area contributed by atoms with Gasteiger partial charge in [-0.25, -0.2) is 0 Å². The van der Waals surface area contributed by atoms with Gasteiger partial charge < -0.3 is 16.0 Å². The molecule has 2 aromatic rings. The number of likely N-dealkylation sites (N-methyl/N-ethyl adjacent to an activating group) is 1. The van der Waals surface area contributed by atoms with Gasteiger partial charge in [-0.15, -0.1) is 0 Å². The Balaban J connectivity index is 1.79. The van der Waals surface area contributed by atoms with Gasteiger partial charge in [0.15, 0.2) is 0 Å². The fraction of sp³-hybridized carbons (Fsp3) is 0.364. The lowest BCUT2D eigenvalue weighted by atomic mass is 10.1. The predicted octanol–water partition coefficient (Wildman–Crippen LogP) is 3.74. The Morgan fingerprint density at radius 3 is 2.26 bits per heavy atom. The van der Waals surface area contributed by atoms with Gasteiger partial charge in [-0.2, -0.15) is 0 Å². The quantitative estimate of drug-likeness (QED) is 0.628. The van der Waals surface area contributed by atoms with Gasteiger partial charge in [0.25, 0.3) is 0 Å². The first-order chi connectivity index (χ1) is 13.1. The number of carbonyl (C=O) groups is 2. The van der Waals surface area contributed by atoms with Gasteiger partial charge in [0, 0.05) is 24.8 Å². The Morgan fingerprint density at radius 1 is 0.926 bits per heavy atom. The Labute approximate surface area is 161 Å². The van der Waals surface area contributed by atoms with E-state index in [-0.39, 0.29) is 11.8 Å². The van der Waals surface area contributed by atoms with Crippen molar-refractivity contribution in [3.63, 3.8) is 0 Å². The topological polar surface area (TPSA) is 75.4 Å². The van der Waals surface area contributed by atoms with E-state index in [0.29, 0.717) is 19.4 Å². The van der Waals surface area contributed by atoms with E-state index in [9.17, 15) is 9.59 Å². The number of benzene rings is 2. The monoisotopic (exact) mass is 367 g/mol. The molecule has 2 aromatic carbocycles. The first kappa shape index (κ1) is 20.6. The molecule has 0 aliphatic rings. The predicted molar refractivity (Wildman–Crippen MR) is 111 cm³/mol. The van der Waals surface area contributed by atoms with E-state index in [0.717, 1.165) is 42.6 Å². The summed E-state index contributed by atoms with van der Waals surface area (Å²) in [6.45, 7) is 0.711. The van der Waals surface area contributed by atoms with Crippen molar-refractivity contribution in [1.29, 1.82) is 0 Å². The minimum atomic E-state index is 0.0235. The zero-order chi connectivity index (χ0) is 19.5. The minimum Gasteiger partial charge on any atom is -0.330 e. The van der Waals surface area contributed by atoms with E-state index in [1.54, 1.807) is 11.9 Å². The second-order valence-electron chi connectivity index (χ2n) is 6.66. The largest absolute Gasteiger partial charge is 0.330 e. The molecule has 0 aliphatic heterocycles. The number of hydrogen-bond acceptors (Lipinski definition) is 3. The molecule has 0 saturated carbocycles. The smallest absolute Gasteiger partial charge is 0.231 e. The summed E-state index contributed by atoms with van der Waals surface area (Å²) in [6.07, 6.45) is 4.84. The molecule has 0 aliphatic carbocycles. The van der Waals surface area contributed by atoms with Crippen LogP contribution in [0.3, 0.4) is 0 Å². The standard InChI is InChI=1S/C22H29N3O2/c1-25(20-9-5-4-6-10-20)22(27)17-18-12-14-19(15-13-18)24-21(26)11-7-2-3-8-16-23/h4-6,9-10,12-15H,2-3,7-8,11,16-17,23H2,1H3,(H,24,26). The molecule has 0 bridgehead atoms. The zero-order valence-corrected chi connectivity index (χ0v) is 16.0. The van der Waals surface area contributed by atoms with Crippen molar-refractivity contribution in [3.05, 3.63) is 60.2 Å². The highest BCUT2D eigenvalue weighted by Gasteiger charge is 2.11. The molecule has 3 N–H and O–H groups in total. The molecule has 27 heavy (non-hydrogen) atoms. The van der Waals surface area contributed by atoms with E-state index in [2.05, 4.69) is 5.32 Å². The number of carbonyl (C=O) groups excluding carboxylic acids is 2. The Bertz CT molecular complexity index is 714. The summed E-state index contributed by atoms with van der Waals surface area (Å²) >= 11 is 0. The maximum absolute atomic E-state index is 12.4. The Morgan fingerprint density at radius 2 is 1.59 bits per heavy atom. The SMILES string of the molecule is CN(C(=O)Cc1ccc(NC(=O)CCCCCCN)cc1)c1ccccc1. The van der Waals surface area contributed by atoms with E-state index in [4.69, 9.17) is 5.73 Å². The van der Waals surface area contributed by atoms with Crippen LogP contribution in [0.2, 0.25) is 0 Å². The molecule has 5 nitrogen and oxygen atoms in total. The second kappa shape index (κ2) is 11.1. The molecule has 0 spiro atoms. The van der Waals surface area contributed by atoms with Gasteiger partial charge in [-0.05, 0) is 49.2 Å². The van der Waals surface area contributed by atoms with Crippen molar-refractivity contribution < 1.29 is 9.59 Å². The fourth-order valence-electron chi connectivity index (χ4n) is 2.80. The van der Waals surface area contributed by atoms with Crippen molar-refractivity contribution in [3.8, 4) is 0 Å². The zero-order valence-electron chi connectivity index (χ0n) is 16.0. The fourth-order valence-corrected chi connectivity index (χ4v) is 2.80. The molecular formula is C22H29N3O2. The highest BCUT2D eigenvalue weighted by Crippen LogP contribution is 2.15. The van der Waals surface area contributed by atoms with Gasteiger partial charge in [0.2, 0.25) is 11.8 Å². The van der Waals surface area contributed by atoms with Gasteiger partial charge in [0.1, 0.15) is 0 Å².